The van der Waals surface area contributed by atoms with Crippen molar-refractivity contribution in [1.82, 2.24) is 9.80 Å². The summed E-state index contributed by atoms with van der Waals surface area (Å²) in [6, 6.07) is 10.6. The number of hydrogen-bond acceptors (Lipinski definition) is 6. The van der Waals surface area contributed by atoms with Gasteiger partial charge in [-0.15, -0.1) is 0 Å². The summed E-state index contributed by atoms with van der Waals surface area (Å²) in [7, 11) is -3.30. The third-order valence-electron chi connectivity index (χ3n) is 5.95. The molecule has 2 aliphatic heterocycles. The third kappa shape index (κ3) is 6.28. The molecule has 0 radical (unpaired) electrons. The number of carbonyl (C=O) groups is 2. The molecule has 36 heavy (non-hydrogen) atoms. The Bertz CT molecular complexity index is 1330. The molecule has 2 aliphatic rings. The number of thiocarbonyl (C=S) groups is 1. The van der Waals surface area contributed by atoms with Crippen molar-refractivity contribution in [1.29, 1.82) is 0 Å². The zero-order valence-electron chi connectivity index (χ0n) is 18.8. The molecule has 1 atom stereocenters. The Morgan fingerprint density at radius 3 is 2.58 bits per heavy atom. The number of hydrogen-bond donors (Lipinski definition) is 0. The van der Waals surface area contributed by atoms with Gasteiger partial charge in [0, 0.05) is 34.6 Å². The van der Waals surface area contributed by atoms with Gasteiger partial charge in [-0.25, -0.2) is 12.8 Å². The molecular weight excluding hydrogens is 566 g/mol. The van der Waals surface area contributed by atoms with Crippen LogP contribution in [0.25, 0.3) is 6.08 Å². The van der Waals surface area contributed by atoms with Crippen molar-refractivity contribution >= 4 is 79.2 Å². The predicted octanol–water partition coefficient (Wildman–Crippen LogP) is 4.94. The van der Waals surface area contributed by atoms with Crippen molar-refractivity contribution < 1.29 is 22.4 Å². The molecule has 2 heterocycles. The number of thioether (sulfide) groups is 1. The fourth-order valence-corrected chi connectivity index (χ4v) is 7.44. The number of amides is 2. The van der Waals surface area contributed by atoms with Crippen molar-refractivity contribution in [3.8, 4) is 0 Å². The summed E-state index contributed by atoms with van der Waals surface area (Å²) in [5.74, 6) is -1.55. The second-order valence-corrected chi connectivity index (χ2v) is 13.2. The van der Waals surface area contributed by atoms with Crippen LogP contribution in [0.4, 0.5) is 4.39 Å². The lowest BCUT2D eigenvalue weighted by atomic mass is 10.1. The first-order chi connectivity index (χ1) is 17.0. The van der Waals surface area contributed by atoms with E-state index in [1.165, 1.54) is 28.0 Å². The summed E-state index contributed by atoms with van der Waals surface area (Å²) < 4.78 is 39.0. The summed E-state index contributed by atoms with van der Waals surface area (Å²) in [6.45, 7) is -0.151. The molecule has 0 aliphatic carbocycles. The number of nitrogens with zero attached hydrogens (tertiary/aromatic N) is 2. The van der Waals surface area contributed by atoms with Crippen LogP contribution < -0.4 is 0 Å². The van der Waals surface area contributed by atoms with Gasteiger partial charge >= 0.3 is 0 Å². The van der Waals surface area contributed by atoms with Gasteiger partial charge in [0.25, 0.3) is 5.91 Å². The van der Waals surface area contributed by atoms with Crippen LogP contribution in [-0.2, 0) is 26.0 Å². The fourth-order valence-electron chi connectivity index (χ4n) is 4.05. The molecule has 0 bridgehead atoms. The van der Waals surface area contributed by atoms with Crippen LogP contribution in [0.2, 0.25) is 10.0 Å². The quantitative estimate of drug-likeness (QED) is 0.338. The second-order valence-electron chi connectivity index (χ2n) is 8.41. The van der Waals surface area contributed by atoms with Gasteiger partial charge < -0.3 is 4.90 Å². The van der Waals surface area contributed by atoms with Gasteiger partial charge in [-0.05, 0) is 42.3 Å². The summed E-state index contributed by atoms with van der Waals surface area (Å²) in [4.78, 5) is 29.4. The lowest BCUT2D eigenvalue weighted by Crippen LogP contribution is -2.42. The monoisotopic (exact) mass is 586 g/mol. The lowest BCUT2D eigenvalue weighted by molar-refractivity contribution is -0.134. The predicted molar refractivity (Wildman–Crippen MR) is 145 cm³/mol. The maximum atomic E-state index is 14.5. The highest BCUT2D eigenvalue weighted by molar-refractivity contribution is 8.26. The molecule has 1 unspecified atom stereocenters. The van der Waals surface area contributed by atoms with Crippen LogP contribution in [0.1, 0.15) is 24.0 Å². The minimum absolute atomic E-state index is 0.0163. The Balaban J connectivity index is 1.49. The van der Waals surface area contributed by atoms with E-state index in [2.05, 4.69) is 0 Å². The van der Waals surface area contributed by atoms with E-state index in [9.17, 15) is 22.4 Å². The molecule has 2 saturated heterocycles. The molecule has 2 aromatic carbocycles. The number of rotatable bonds is 7. The van der Waals surface area contributed by atoms with Crippen molar-refractivity contribution in [3.05, 3.63) is 74.4 Å². The molecule has 2 aromatic rings. The first kappa shape index (κ1) is 27.1. The van der Waals surface area contributed by atoms with E-state index in [1.807, 2.05) is 0 Å². The Labute approximate surface area is 228 Å². The number of carbonyl (C=O) groups excluding carboxylic acids is 2. The summed E-state index contributed by atoms with van der Waals surface area (Å²) in [5.41, 5.74) is 0.902. The van der Waals surface area contributed by atoms with Crippen molar-refractivity contribution in [3.63, 3.8) is 0 Å². The Hall–Kier alpha value is -1.98. The van der Waals surface area contributed by atoms with Gasteiger partial charge in [-0.3, -0.25) is 14.5 Å². The molecule has 12 heteroatoms. The fraction of sp³-hybridized carbons (Fsp3) is 0.292. The zero-order valence-corrected chi connectivity index (χ0v) is 22.8. The van der Waals surface area contributed by atoms with Crippen LogP contribution in [-0.4, -0.2) is 58.4 Å². The van der Waals surface area contributed by atoms with E-state index in [-0.39, 0.29) is 53.9 Å². The minimum Gasteiger partial charge on any atom is -0.334 e. The lowest BCUT2D eigenvalue weighted by Gasteiger charge is -2.29. The Morgan fingerprint density at radius 1 is 1.22 bits per heavy atom. The van der Waals surface area contributed by atoms with E-state index < -0.39 is 27.6 Å². The van der Waals surface area contributed by atoms with E-state index >= 15 is 0 Å². The van der Waals surface area contributed by atoms with Crippen LogP contribution in [0.3, 0.4) is 0 Å². The Kier molecular flexibility index (Phi) is 8.41. The van der Waals surface area contributed by atoms with Gasteiger partial charge in [-0.2, -0.15) is 0 Å². The maximum Gasteiger partial charge on any atom is 0.266 e. The highest BCUT2D eigenvalue weighted by Crippen LogP contribution is 2.33. The summed E-state index contributed by atoms with van der Waals surface area (Å²) >= 11 is 18.6. The first-order valence-electron chi connectivity index (χ1n) is 11.0. The Morgan fingerprint density at radius 2 is 1.94 bits per heavy atom. The average molecular weight is 588 g/mol. The van der Waals surface area contributed by atoms with Crippen molar-refractivity contribution in [2.45, 2.75) is 25.4 Å². The second kappa shape index (κ2) is 11.2. The highest BCUT2D eigenvalue weighted by Gasteiger charge is 2.37. The van der Waals surface area contributed by atoms with Gasteiger partial charge in [0.1, 0.15) is 10.1 Å². The van der Waals surface area contributed by atoms with E-state index in [0.29, 0.717) is 14.2 Å². The smallest absolute Gasteiger partial charge is 0.266 e. The zero-order chi connectivity index (χ0) is 26.0. The maximum absolute atomic E-state index is 14.5. The van der Waals surface area contributed by atoms with E-state index in [4.69, 9.17) is 35.4 Å². The topological polar surface area (TPSA) is 74.8 Å². The standard InChI is InChI=1S/C24H21Cl2FN2O4S3/c25-16-6-4-15(5-7-16)12-21-23(31)28(24(34)35-21)10-8-22(30)29(17-9-11-36(32,33)14-17)13-18-19(26)2-1-3-20(18)27/h1-7,12,17H,8-11,13-14H2/b21-12-. The molecule has 4 rings (SSSR count). The third-order valence-corrected chi connectivity index (χ3v) is 9.68. The largest absolute Gasteiger partial charge is 0.334 e. The van der Waals surface area contributed by atoms with Crippen LogP contribution in [0.15, 0.2) is 47.4 Å². The molecule has 6 nitrogen and oxygen atoms in total. The molecular formula is C24H21Cl2FN2O4S3. The molecule has 2 amide bonds. The molecule has 0 aromatic heterocycles. The van der Waals surface area contributed by atoms with Gasteiger partial charge in [-0.1, -0.05) is 65.4 Å². The SMILES string of the molecule is O=C1/C(=C/c2ccc(Cl)cc2)SC(=S)N1CCC(=O)N(Cc1c(F)cccc1Cl)C1CCS(=O)(=O)C1. The summed E-state index contributed by atoms with van der Waals surface area (Å²) in [5, 5.41) is 0.729. The average Bonchev–Trinajstić information content (AvgIpc) is 3.31. The molecule has 0 N–H and O–H groups in total. The number of benzene rings is 2. The normalized spacial score (nSPS) is 20.4. The van der Waals surface area contributed by atoms with Gasteiger partial charge in [0.05, 0.1) is 23.0 Å². The number of halogens is 3. The van der Waals surface area contributed by atoms with Gasteiger partial charge in [0.15, 0.2) is 9.84 Å². The molecule has 0 saturated carbocycles. The van der Waals surface area contributed by atoms with Crippen LogP contribution in [0.5, 0.6) is 0 Å². The van der Waals surface area contributed by atoms with Crippen LogP contribution in [0, 0.1) is 5.82 Å². The minimum atomic E-state index is -3.30. The molecule has 0 spiro atoms. The van der Waals surface area contributed by atoms with E-state index in [0.717, 1.165) is 17.3 Å². The van der Waals surface area contributed by atoms with Crippen LogP contribution >= 0.6 is 47.2 Å². The van der Waals surface area contributed by atoms with E-state index in [1.54, 1.807) is 30.3 Å². The summed E-state index contributed by atoms with van der Waals surface area (Å²) in [6.07, 6.45) is 1.85. The van der Waals surface area contributed by atoms with Gasteiger partial charge in [0.2, 0.25) is 5.91 Å². The van der Waals surface area contributed by atoms with Crippen molar-refractivity contribution in [2.24, 2.45) is 0 Å². The molecule has 2 fully saturated rings. The molecule has 190 valence electrons. The highest BCUT2D eigenvalue weighted by atomic mass is 35.5. The van der Waals surface area contributed by atoms with Crippen molar-refractivity contribution in [2.75, 3.05) is 18.1 Å². The first-order valence-corrected chi connectivity index (χ1v) is 14.8. The number of sulfone groups is 1.